The lowest BCUT2D eigenvalue weighted by Gasteiger charge is -2.31. The predicted molar refractivity (Wildman–Crippen MR) is 106 cm³/mol. The number of quaternary nitrogens is 1. The summed E-state index contributed by atoms with van der Waals surface area (Å²) in [5, 5.41) is -0.692. The van der Waals surface area contributed by atoms with Crippen LogP contribution in [0.4, 0.5) is 0 Å². The Morgan fingerprint density at radius 3 is 2.00 bits per heavy atom. The zero-order valence-electron chi connectivity index (χ0n) is 17.2. The molecule has 0 aromatic rings. The average molecular weight is 392 g/mol. The molecule has 0 aliphatic heterocycles. The molecule has 1 rings (SSSR count). The zero-order chi connectivity index (χ0) is 19.5. The fraction of sp³-hybridized carbons (Fsp3) is 1.00. The molecule has 0 saturated heterocycles. The van der Waals surface area contributed by atoms with Crippen LogP contribution in [0.25, 0.3) is 0 Å². The predicted octanol–water partition coefficient (Wildman–Crippen LogP) is 4.08. The van der Waals surface area contributed by atoms with E-state index in [0.29, 0.717) is 25.7 Å². The first-order chi connectivity index (χ1) is 12.2. The van der Waals surface area contributed by atoms with E-state index in [-0.39, 0.29) is 6.10 Å². The Bertz CT molecular complexity index is 456. The Hall–Kier alpha value is -0.170. The maximum absolute atomic E-state index is 11.0. The highest BCUT2D eigenvalue weighted by Crippen LogP contribution is 2.25. The van der Waals surface area contributed by atoms with Crippen molar-refractivity contribution in [1.29, 1.82) is 0 Å². The largest absolute Gasteiger partial charge is 0.748 e. The van der Waals surface area contributed by atoms with Crippen LogP contribution in [0.15, 0.2) is 0 Å². The molecule has 0 amide bonds. The molecule has 0 bridgehead atoms. The highest BCUT2D eigenvalue weighted by Gasteiger charge is 2.25. The molecule has 1 saturated carbocycles. The van der Waals surface area contributed by atoms with Crippen molar-refractivity contribution in [3.8, 4) is 0 Å². The summed E-state index contributed by atoms with van der Waals surface area (Å²) < 4.78 is 40.1. The van der Waals surface area contributed by atoms with E-state index in [0.717, 1.165) is 23.9 Å². The van der Waals surface area contributed by atoms with Crippen molar-refractivity contribution in [2.45, 2.75) is 95.3 Å². The molecule has 0 unspecified atom stereocenters. The topological polar surface area (TPSA) is 66.4 Å². The van der Waals surface area contributed by atoms with Gasteiger partial charge in [0.1, 0.15) is 0 Å². The van der Waals surface area contributed by atoms with Crippen molar-refractivity contribution in [3.05, 3.63) is 0 Å². The van der Waals surface area contributed by atoms with E-state index in [9.17, 15) is 13.0 Å². The molecular formula is C20H41NO4S. The van der Waals surface area contributed by atoms with Gasteiger partial charge in [-0.1, -0.05) is 32.6 Å². The highest BCUT2D eigenvalue weighted by molar-refractivity contribution is 7.86. The third-order valence-electron chi connectivity index (χ3n) is 5.66. The molecule has 0 aromatic heterocycles. The molecule has 0 N–H and O–H groups in total. The van der Waals surface area contributed by atoms with Gasteiger partial charge in [-0.15, -0.1) is 0 Å². The SMILES string of the molecule is CCCCCCCC[N+](C)(C)CCCCOC1CCC(S(=O)(=O)[O-])CC1. The van der Waals surface area contributed by atoms with Crippen LogP contribution in [-0.4, -0.2) is 62.6 Å². The molecule has 1 fully saturated rings. The van der Waals surface area contributed by atoms with Gasteiger partial charge in [0.05, 0.1) is 43.4 Å². The van der Waals surface area contributed by atoms with Gasteiger partial charge in [-0.2, -0.15) is 0 Å². The Labute approximate surface area is 161 Å². The second-order valence-electron chi connectivity index (χ2n) is 8.62. The van der Waals surface area contributed by atoms with Crippen molar-refractivity contribution in [3.63, 3.8) is 0 Å². The van der Waals surface area contributed by atoms with E-state index in [1.807, 2.05) is 0 Å². The quantitative estimate of drug-likeness (QED) is 0.254. The molecule has 1 aliphatic carbocycles. The molecule has 0 heterocycles. The lowest BCUT2D eigenvalue weighted by molar-refractivity contribution is -0.890. The molecule has 6 heteroatoms. The second kappa shape index (κ2) is 12.3. The Kier molecular flexibility index (Phi) is 11.3. The van der Waals surface area contributed by atoms with E-state index in [4.69, 9.17) is 4.74 Å². The molecule has 0 radical (unpaired) electrons. The van der Waals surface area contributed by atoms with E-state index >= 15 is 0 Å². The molecule has 0 aromatic carbocycles. The maximum atomic E-state index is 11.0. The van der Waals surface area contributed by atoms with Gasteiger partial charge in [0, 0.05) is 11.9 Å². The van der Waals surface area contributed by atoms with Gasteiger partial charge in [0.15, 0.2) is 0 Å². The number of unbranched alkanes of at least 4 members (excludes halogenated alkanes) is 6. The van der Waals surface area contributed by atoms with Crippen LogP contribution in [0.5, 0.6) is 0 Å². The number of hydrogen-bond acceptors (Lipinski definition) is 4. The molecule has 0 spiro atoms. The minimum atomic E-state index is -4.12. The van der Waals surface area contributed by atoms with E-state index in [1.165, 1.54) is 51.6 Å². The van der Waals surface area contributed by atoms with Gasteiger partial charge >= 0.3 is 0 Å². The van der Waals surface area contributed by atoms with Crippen LogP contribution in [0.1, 0.15) is 84.0 Å². The lowest BCUT2D eigenvalue weighted by atomic mass is 9.97. The minimum absolute atomic E-state index is 0.138. The van der Waals surface area contributed by atoms with Crippen LogP contribution in [-0.2, 0) is 14.9 Å². The van der Waals surface area contributed by atoms with Crippen molar-refractivity contribution in [2.24, 2.45) is 0 Å². The summed E-state index contributed by atoms with van der Waals surface area (Å²) in [5.74, 6) is 0. The summed E-state index contributed by atoms with van der Waals surface area (Å²) in [6, 6.07) is 0. The van der Waals surface area contributed by atoms with E-state index < -0.39 is 15.4 Å². The van der Waals surface area contributed by atoms with E-state index in [1.54, 1.807) is 0 Å². The number of ether oxygens (including phenoxy) is 1. The van der Waals surface area contributed by atoms with Crippen molar-refractivity contribution in [1.82, 2.24) is 0 Å². The van der Waals surface area contributed by atoms with Gasteiger partial charge in [0.2, 0.25) is 0 Å². The summed E-state index contributed by atoms with van der Waals surface area (Å²) >= 11 is 0. The summed E-state index contributed by atoms with van der Waals surface area (Å²) in [6.07, 6.45) is 12.8. The van der Waals surface area contributed by atoms with Gasteiger partial charge < -0.3 is 13.8 Å². The van der Waals surface area contributed by atoms with Crippen molar-refractivity contribution < 1.29 is 22.2 Å². The van der Waals surface area contributed by atoms with Crippen molar-refractivity contribution >= 4 is 10.1 Å². The smallest absolute Gasteiger partial charge is 0.0975 e. The second-order valence-corrected chi connectivity index (χ2v) is 10.3. The summed E-state index contributed by atoms with van der Waals surface area (Å²) in [5.41, 5.74) is 0. The van der Waals surface area contributed by atoms with Gasteiger partial charge in [-0.25, -0.2) is 8.42 Å². The Morgan fingerprint density at radius 1 is 0.885 bits per heavy atom. The Balaban J connectivity index is 2.02. The first kappa shape index (κ1) is 23.9. The molecule has 1 aliphatic rings. The first-order valence-electron chi connectivity index (χ1n) is 10.6. The average Bonchev–Trinajstić information content (AvgIpc) is 2.57. The molecule has 0 atom stereocenters. The van der Waals surface area contributed by atoms with Crippen LogP contribution >= 0.6 is 0 Å². The molecule has 5 nitrogen and oxygen atoms in total. The molecule has 156 valence electrons. The Morgan fingerprint density at radius 2 is 1.42 bits per heavy atom. The highest BCUT2D eigenvalue weighted by atomic mass is 32.2. The molecular weight excluding hydrogens is 350 g/mol. The standard InChI is InChI=1S/C20H41NO4S/c1-4-5-6-7-8-9-16-21(2,3)17-10-11-18-25-19-12-14-20(15-13-19)26(22,23)24/h19-20H,4-18H2,1-3H3. The van der Waals surface area contributed by atoms with Crippen molar-refractivity contribution in [2.75, 3.05) is 33.8 Å². The van der Waals surface area contributed by atoms with E-state index in [2.05, 4.69) is 21.0 Å². The fourth-order valence-electron chi connectivity index (χ4n) is 3.81. The van der Waals surface area contributed by atoms with Crippen LogP contribution in [0.2, 0.25) is 0 Å². The zero-order valence-corrected chi connectivity index (χ0v) is 18.1. The summed E-state index contributed by atoms with van der Waals surface area (Å²) in [6.45, 7) is 5.43. The first-order valence-corrected chi connectivity index (χ1v) is 12.1. The summed E-state index contributed by atoms with van der Waals surface area (Å²) in [4.78, 5) is 0. The van der Waals surface area contributed by atoms with Crippen LogP contribution in [0.3, 0.4) is 0 Å². The summed E-state index contributed by atoms with van der Waals surface area (Å²) in [7, 11) is 0.517. The normalized spacial score (nSPS) is 21.8. The van der Waals surface area contributed by atoms with Crippen LogP contribution in [0, 0.1) is 0 Å². The lowest BCUT2D eigenvalue weighted by Crippen LogP contribution is -2.41. The fourth-order valence-corrected chi connectivity index (χ4v) is 4.66. The number of hydrogen-bond donors (Lipinski definition) is 0. The minimum Gasteiger partial charge on any atom is -0.748 e. The van der Waals surface area contributed by atoms with Gasteiger partial charge in [-0.3, -0.25) is 0 Å². The monoisotopic (exact) mass is 391 g/mol. The van der Waals surface area contributed by atoms with Crippen LogP contribution < -0.4 is 0 Å². The third kappa shape index (κ3) is 10.9. The number of nitrogens with zero attached hydrogens (tertiary/aromatic N) is 1. The maximum Gasteiger partial charge on any atom is 0.0975 e. The number of rotatable bonds is 14. The van der Waals surface area contributed by atoms with Gasteiger partial charge in [0.25, 0.3) is 0 Å². The van der Waals surface area contributed by atoms with Gasteiger partial charge in [-0.05, 0) is 51.4 Å². The third-order valence-corrected chi connectivity index (χ3v) is 6.95. The molecule has 26 heavy (non-hydrogen) atoms.